The average Bonchev–Trinajstić information content (AvgIpc) is 2.31. The lowest BCUT2D eigenvalue weighted by molar-refractivity contribution is -0.384. The van der Waals surface area contributed by atoms with E-state index in [1.54, 1.807) is 6.92 Å². The van der Waals surface area contributed by atoms with Crippen LogP contribution >= 0.6 is 15.9 Å². The van der Waals surface area contributed by atoms with E-state index in [4.69, 9.17) is 5.11 Å². The summed E-state index contributed by atoms with van der Waals surface area (Å²) in [5.74, 6) is -1.13. The molecule has 96 valence electrons. The fourth-order valence-electron chi connectivity index (χ4n) is 1.12. The molecule has 0 aliphatic carbocycles. The number of nitro groups is 1. The smallest absolute Gasteiger partial charge is 0.352 e. The van der Waals surface area contributed by atoms with Crippen molar-refractivity contribution in [1.29, 1.82) is 0 Å². The molecule has 0 aromatic heterocycles. The van der Waals surface area contributed by atoms with Gasteiger partial charge in [0, 0.05) is 16.6 Å². The number of carboxylic acids is 1. The van der Waals surface area contributed by atoms with Crippen molar-refractivity contribution < 1.29 is 14.8 Å². The number of halogens is 1. The molecule has 7 nitrogen and oxygen atoms in total. The van der Waals surface area contributed by atoms with Gasteiger partial charge in [-0.3, -0.25) is 15.5 Å². The lowest BCUT2D eigenvalue weighted by Gasteiger charge is -2.04. The first-order valence-corrected chi connectivity index (χ1v) is 5.74. The molecule has 0 bridgehead atoms. The van der Waals surface area contributed by atoms with E-state index >= 15 is 0 Å². The Hall–Kier alpha value is -1.96. The lowest BCUT2D eigenvalue weighted by atomic mass is 10.3. The van der Waals surface area contributed by atoms with E-state index in [1.807, 2.05) is 0 Å². The summed E-state index contributed by atoms with van der Waals surface area (Å²) in [5.41, 5.74) is 2.66. The van der Waals surface area contributed by atoms with E-state index in [0.717, 1.165) is 0 Å². The summed E-state index contributed by atoms with van der Waals surface area (Å²) in [4.78, 5) is 20.8. The Labute approximate surface area is 111 Å². The van der Waals surface area contributed by atoms with E-state index < -0.39 is 10.9 Å². The second kappa shape index (κ2) is 6.10. The summed E-state index contributed by atoms with van der Waals surface area (Å²) in [7, 11) is 0. The predicted molar refractivity (Wildman–Crippen MR) is 69.8 cm³/mol. The number of nitrogens with zero attached hydrogens (tertiary/aromatic N) is 2. The molecule has 0 unspecified atom stereocenters. The van der Waals surface area contributed by atoms with Crippen LogP contribution in [-0.4, -0.2) is 21.7 Å². The maximum Gasteiger partial charge on any atom is 0.352 e. The van der Waals surface area contributed by atoms with Crippen molar-refractivity contribution in [2.45, 2.75) is 13.3 Å². The largest absolute Gasteiger partial charge is 0.477 e. The number of hydrazone groups is 1. The molecule has 0 spiro atoms. The molecule has 0 atom stereocenters. The van der Waals surface area contributed by atoms with Crippen molar-refractivity contribution in [2.24, 2.45) is 5.10 Å². The van der Waals surface area contributed by atoms with Crippen LogP contribution in [0, 0.1) is 10.1 Å². The minimum Gasteiger partial charge on any atom is -0.477 e. The highest BCUT2D eigenvalue weighted by molar-refractivity contribution is 9.10. The van der Waals surface area contributed by atoms with Gasteiger partial charge in [0.25, 0.3) is 5.69 Å². The zero-order valence-corrected chi connectivity index (χ0v) is 11.0. The number of nitro benzene ring substituents is 1. The number of carboxylic acid groups (broad SMARTS) is 1. The molecule has 2 N–H and O–H groups in total. The quantitative estimate of drug-likeness (QED) is 0.493. The minimum atomic E-state index is -1.13. The predicted octanol–water partition coefficient (Wildman–Crippen LogP) is 2.62. The van der Waals surface area contributed by atoms with Crippen molar-refractivity contribution in [3.8, 4) is 0 Å². The highest BCUT2D eigenvalue weighted by Gasteiger charge is 2.10. The lowest BCUT2D eigenvalue weighted by Crippen LogP contribution is -2.13. The van der Waals surface area contributed by atoms with Crippen LogP contribution in [0.25, 0.3) is 0 Å². The molecular weight excluding hydrogens is 306 g/mol. The summed E-state index contributed by atoms with van der Waals surface area (Å²) >= 11 is 3.19. The number of benzene rings is 1. The number of hydrogen-bond donors (Lipinski definition) is 2. The van der Waals surface area contributed by atoms with Crippen molar-refractivity contribution in [1.82, 2.24) is 0 Å². The number of hydrogen-bond acceptors (Lipinski definition) is 5. The molecule has 0 radical (unpaired) electrons. The molecule has 0 saturated heterocycles. The number of anilines is 1. The third-order valence-corrected chi connectivity index (χ3v) is 2.75. The first-order chi connectivity index (χ1) is 8.45. The Morgan fingerprint density at radius 3 is 2.78 bits per heavy atom. The monoisotopic (exact) mass is 315 g/mol. The normalized spacial score (nSPS) is 11.1. The maximum absolute atomic E-state index is 10.7. The van der Waals surface area contributed by atoms with Crippen LogP contribution in [-0.2, 0) is 4.79 Å². The van der Waals surface area contributed by atoms with Gasteiger partial charge < -0.3 is 5.11 Å². The van der Waals surface area contributed by atoms with Crippen molar-refractivity contribution in [2.75, 3.05) is 5.43 Å². The first-order valence-electron chi connectivity index (χ1n) is 4.95. The number of aliphatic carboxylic acids is 1. The average molecular weight is 316 g/mol. The standard InChI is InChI=1S/C10H10BrN3O4/c1-2-8(10(15)16)12-13-9-5-6(14(17)18)3-4-7(9)11/h3-5,13H,2H2,1H3,(H,15,16)/b12-8+. The van der Waals surface area contributed by atoms with E-state index in [0.29, 0.717) is 10.2 Å². The number of rotatable bonds is 5. The second-order valence-corrected chi connectivity index (χ2v) is 4.10. The van der Waals surface area contributed by atoms with E-state index in [1.165, 1.54) is 18.2 Å². The summed E-state index contributed by atoms with van der Waals surface area (Å²) in [6, 6.07) is 4.09. The summed E-state index contributed by atoms with van der Waals surface area (Å²) in [6.07, 6.45) is 0.245. The molecule has 0 fully saturated rings. The van der Waals surface area contributed by atoms with Crippen LogP contribution in [0.3, 0.4) is 0 Å². The fraction of sp³-hybridized carbons (Fsp3) is 0.200. The molecule has 0 heterocycles. The Kier molecular flexibility index (Phi) is 4.78. The first kappa shape index (κ1) is 14.1. The van der Waals surface area contributed by atoms with Crippen LogP contribution in [0.4, 0.5) is 11.4 Å². The molecule has 1 aromatic rings. The van der Waals surface area contributed by atoms with Gasteiger partial charge >= 0.3 is 5.97 Å². The van der Waals surface area contributed by atoms with Gasteiger partial charge in [0.15, 0.2) is 0 Å². The highest BCUT2D eigenvalue weighted by Crippen LogP contribution is 2.27. The number of nitrogens with one attached hydrogen (secondary N) is 1. The third kappa shape index (κ3) is 3.52. The molecular formula is C10H10BrN3O4. The van der Waals surface area contributed by atoms with Gasteiger partial charge in [0.2, 0.25) is 0 Å². The fourth-order valence-corrected chi connectivity index (χ4v) is 1.45. The molecule has 0 saturated carbocycles. The minimum absolute atomic E-state index is 0.0617. The Bertz CT molecular complexity index is 516. The van der Waals surface area contributed by atoms with Gasteiger partial charge in [-0.05, 0) is 28.4 Å². The van der Waals surface area contributed by atoms with Crippen LogP contribution < -0.4 is 5.43 Å². The van der Waals surface area contributed by atoms with Gasteiger partial charge in [0.05, 0.1) is 10.6 Å². The topological polar surface area (TPSA) is 105 Å². The van der Waals surface area contributed by atoms with Gasteiger partial charge in [-0.2, -0.15) is 5.10 Å². The van der Waals surface area contributed by atoms with E-state index in [-0.39, 0.29) is 17.8 Å². The maximum atomic E-state index is 10.7. The highest BCUT2D eigenvalue weighted by atomic mass is 79.9. The third-order valence-electron chi connectivity index (χ3n) is 2.05. The van der Waals surface area contributed by atoms with Crippen molar-refractivity contribution in [3.05, 3.63) is 32.8 Å². The van der Waals surface area contributed by atoms with Gasteiger partial charge in [0.1, 0.15) is 5.71 Å². The van der Waals surface area contributed by atoms with Gasteiger partial charge in [-0.15, -0.1) is 0 Å². The van der Waals surface area contributed by atoms with Crippen LogP contribution in [0.1, 0.15) is 13.3 Å². The van der Waals surface area contributed by atoms with Crippen LogP contribution in [0.15, 0.2) is 27.8 Å². The summed E-state index contributed by atoms with van der Waals surface area (Å²) in [5, 5.41) is 23.1. The van der Waals surface area contributed by atoms with Crippen molar-refractivity contribution in [3.63, 3.8) is 0 Å². The second-order valence-electron chi connectivity index (χ2n) is 3.25. The summed E-state index contributed by atoms with van der Waals surface area (Å²) in [6.45, 7) is 1.65. The Balaban J connectivity index is 3.00. The molecule has 18 heavy (non-hydrogen) atoms. The molecule has 1 rings (SSSR count). The van der Waals surface area contributed by atoms with Crippen molar-refractivity contribution >= 4 is 39.0 Å². The molecule has 0 amide bonds. The molecule has 8 heteroatoms. The molecule has 0 aliphatic heterocycles. The Morgan fingerprint density at radius 1 is 1.61 bits per heavy atom. The van der Waals surface area contributed by atoms with Gasteiger partial charge in [-0.25, -0.2) is 4.79 Å². The molecule has 0 aliphatic rings. The van der Waals surface area contributed by atoms with E-state index in [9.17, 15) is 14.9 Å². The zero-order chi connectivity index (χ0) is 13.7. The summed E-state index contributed by atoms with van der Waals surface area (Å²) < 4.78 is 0.553. The van der Waals surface area contributed by atoms with Crippen LogP contribution in [0.2, 0.25) is 0 Å². The molecule has 1 aromatic carbocycles. The number of carbonyl (C=O) groups is 1. The number of non-ortho nitro benzene ring substituents is 1. The van der Waals surface area contributed by atoms with E-state index in [2.05, 4.69) is 26.5 Å². The SMILES string of the molecule is CC/C(=N\Nc1cc([N+](=O)[O-])ccc1Br)C(=O)O. The Morgan fingerprint density at radius 2 is 2.28 bits per heavy atom. The zero-order valence-electron chi connectivity index (χ0n) is 9.38. The van der Waals surface area contributed by atoms with Gasteiger partial charge in [-0.1, -0.05) is 6.92 Å². The van der Waals surface area contributed by atoms with Crippen LogP contribution in [0.5, 0.6) is 0 Å².